The topological polar surface area (TPSA) is 77.2 Å². The maximum atomic E-state index is 11.8. The number of aromatic nitrogens is 1. The molecule has 0 unspecified atom stereocenters. The second kappa shape index (κ2) is 10.6. The van der Waals surface area contributed by atoms with E-state index in [0.717, 1.165) is 36.2 Å². The summed E-state index contributed by atoms with van der Waals surface area (Å²) < 4.78 is 0. The molecule has 0 bridgehead atoms. The normalized spacial score (nSPS) is 11.6. The summed E-state index contributed by atoms with van der Waals surface area (Å²) in [5.74, 6) is -0.528. The summed E-state index contributed by atoms with van der Waals surface area (Å²) >= 11 is 0. The highest BCUT2D eigenvalue weighted by atomic mass is 16.5. The molecule has 1 heterocycles. The lowest BCUT2D eigenvalue weighted by atomic mass is 9.97. The molecule has 0 aliphatic rings. The lowest BCUT2D eigenvalue weighted by molar-refractivity contribution is -0.124. The first kappa shape index (κ1) is 21.6. The van der Waals surface area contributed by atoms with E-state index in [9.17, 15) is 4.79 Å². The van der Waals surface area contributed by atoms with Gasteiger partial charge in [-0.3, -0.25) is 10.0 Å². The molecule has 4 rings (SSSR count). The Balaban J connectivity index is 1.35. The van der Waals surface area contributed by atoms with Crippen molar-refractivity contribution in [3.8, 4) is 0 Å². The van der Waals surface area contributed by atoms with E-state index in [4.69, 9.17) is 5.21 Å². The van der Waals surface area contributed by atoms with E-state index < -0.39 is 5.91 Å². The van der Waals surface area contributed by atoms with Crippen LogP contribution in [0.4, 0.5) is 0 Å². The number of allylic oxidation sites excluding steroid dienone is 1. The number of nitrogens with one attached hydrogen (secondary N) is 3. The molecule has 1 aromatic heterocycles. The van der Waals surface area contributed by atoms with E-state index in [1.54, 1.807) is 5.48 Å². The summed E-state index contributed by atoms with van der Waals surface area (Å²) in [6.45, 7) is 1.68. The molecule has 32 heavy (non-hydrogen) atoms. The number of carbonyl (C=O) groups excluding carboxylic acids is 1. The molecule has 4 aromatic rings. The fourth-order valence-corrected chi connectivity index (χ4v) is 3.80. The van der Waals surface area contributed by atoms with E-state index in [0.29, 0.717) is 6.42 Å². The molecule has 0 aliphatic carbocycles. The van der Waals surface area contributed by atoms with Gasteiger partial charge in [-0.2, -0.15) is 0 Å². The molecule has 0 radical (unpaired) electrons. The summed E-state index contributed by atoms with van der Waals surface area (Å²) in [7, 11) is 0. The molecule has 4 N–H and O–H groups in total. The predicted octanol–water partition coefficient (Wildman–Crippen LogP) is 4.63. The Hall–Kier alpha value is -3.67. The molecular formula is C27H27N3O2. The van der Waals surface area contributed by atoms with Crippen molar-refractivity contribution in [2.75, 3.05) is 6.54 Å². The van der Waals surface area contributed by atoms with Crippen molar-refractivity contribution in [2.45, 2.75) is 19.4 Å². The van der Waals surface area contributed by atoms with E-state index in [-0.39, 0.29) is 0 Å². The van der Waals surface area contributed by atoms with Crippen LogP contribution in [0.15, 0.2) is 91.1 Å². The first-order valence-corrected chi connectivity index (χ1v) is 10.8. The zero-order valence-corrected chi connectivity index (χ0v) is 17.8. The fraction of sp³-hybridized carbons (Fsp3) is 0.148. The van der Waals surface area contributed by atoms with Crippen LogP contribution in [0.25, 0.3) is 16.5 Å². The van der Waals surface area contributed by atoms with Gasteiger partial charge in [0.05, 0.1) is 0 Å². The quantitative estimate of drug-likeness (QED) is 0.137. The third kappa shape index (κ3) is 5.72. The van der Waals surface area contributed by atoms with E-state index in [1.165, 1.54) is 28.1 Å². The van der Waals surface area contributed by atoms with Crippen LogP contribution >= 0.6 is 0 Å². The van der Waals surface area contributed by atoms with Crippen molar-refractivity contribution in [2.24, 2.45) is 0 Å². The van der Waals surface area contributed by atoms with Gasteiger partial charge in [0.1, 0.15) is 0 Å². The van der Waals surface area contributed by atoms with E-state index >= 15 is 0 Å². The van der Waals surface area contributed by atoms with Gasteiger partial charge in [0, 0.05) is 24.3 Å². The molecule has 3 aromatic carbocycles. The lowest BCUT2D eigenvalue weighted by Crippen LogP contribution is -2.17. The highest BCUT2D eigenvalue weighted by Crippen LogP contribution is 2.21. The molecule has 0 fully saturated rings. The Labute approximate surface area is 187 Å². The summed E-state index contributed by atoms with van der Waals surface area (Å²) in [4.78, 5) is 15.0. The molecule has 5 heteroatoms. The molecule has 0 saturated carbocycles. The van der Waals surface area contributed by atoms with Gasteiger partial charge in [0.15, 0.2) is 0 Å². The zero-order chi connectivity index (χ0) is 22.2. The van der Waals surface area contributed by atoms with Crippen LogP contribution in [0.5, 0.6) is 0 Å². The lowest BCUT2D eigenvalue weighted by Gasteiger charge is -2.10. The number of hydrogen-bond acceptors (Lipinski definition) is 3. The van der Waals surface area contributed by atoms with Crippen LogP contribution in [-0.4, -0.2) is 22.6 Å². The average Bonchev–Trinajstić information content (AvgIpc) is 3.30. The molecule has 5 nitrogen and oxygen atoms in total. The number of fused-ring (bicyclic) bond motifs is 1. The van der Waals surface area contributed by atoms with Crippen molar-refractivity contribution in [3.63, 3.8) is 0 Å². The minimum Gasteiger partial charge on any atom is -0.361 e. The van der Waals surface area contributed by atoms with Crippen LogP contribution < -0.4 is 10.8 Å². The van der Waals surface area contributed by atoms with Crippen molar-refractivity contribution in [3.05, 3.63) is 113 Å². The number of carbonyl (C=O) groups is 1. The van der Waals surface area contributed by atoms with Crippen molar-refractivity contribution in [1.29, 1.82) is 0 Å². The number of hydrogen-bond donors (Lipinski definition) is 4. The first-order valence-electron chi connectivity index (χ1n) is 10.8. The highest BCUT2D eigenvalue weighted by Gasteiger charge is 2.07. The highest BCUT2D eigenvalue weighted by molar-refractivity contribution is 5.94. The zero-order valence-electron chi connectivity index (χ0n) is 17.8. The van der Waals surface area contributed by atoms with Crippen LogP contribution in [0.1, 0.15) is 22.3 Å². The number of rotatable bonds is 9. The van der Waals surface area contributed by atoms with Gasteiger partial charge in [-0.05, 0) is 70.8 Å². The van der Waals surface area contributed by atoms with Gasteiger partial charge < -0.3 is 10.3 Å². The number of H-pyrrole nitrogens is 1. The number of aromatic amines is 1. The standard InChI is InChI=1S/C27H27N3O2/c31-27(30-32)18-25(17-20-4-2-1-3-5-20)23-9-6-22(7-10-23)19-28-14-12-21-8-11-26-24(16-21)13-15-29-26/h1-11,13,15-16,18,28-29,32H,12,14,17,19H2,(H,30,31)/b25-18+. The first-order chi connectivity index (χ1) is 15.7. The summed E-state index contributed by atoms with van der Waals surface area (Å²) in [6, 6.07) is 26.8. The summed E-state index contributed by atoms with van der Waals surface area (Å²) in [5, 5.41) is 13.7. The predicted molar refractivity (Wildman–Crippen MR) is 128 cm³/mol. The second-order valence-electron chi connectivity index (χ2n) is 7.83. The summed E-state index contributed by atoms with van der Waals surface area (Å²) in [6.07, 6.45) is 4.99. The third-order valence-corrected chi connectivity index (χ3v) is 5.51. The number of amides is 1. The number of benzene rings is 3. The maximum Gasteiger partial charge on any atom is 0.267 e. The van der Waals surface area contributed by atoms with Gasteiger partial charge in [-0.1, -0.05) is 60.7 Å². The molecule has 1 amide bonds. The second-order valence-corrected chi connectivity index (χ2v) is 7.83. The van der Waals surface area contributed by atoms with Gasteiger partial charge >= 0.3 is 0 Å². The molecule has 0 atom stereocenters. The maximum absolute atomic E-state index is 11.8. The monoisotopic (exact) mass is 425 g/mol. The third-order valence-electron chi connectivity index (χ3n) is 5.51. The van der Waals surface area contributed by atoms with Crippen LogP contribution in [-0.2, 0) is 24.2 Å². The van der Waals surface area contributed by atoms with Gasteiger partial charge in [-0.15, -0.1) is 0 Å². The van der Waals surface area contributed by atoms with Crippen molar-refractivity contribution < 1.29 is 10.0 Å². The van der Waals surface area contributed by atoms with Crippen LogP contribution in [0.2, 0.25) is 0 Å². The molecule has 0 saturated heterocycles. The molecular weight excluding hydrogens is 398 g/mol. The van der Waals surface area contributed by atoms with Gasteiger partial charge in [0.25, 0.3) is 5.91 Å². The Kier molecular flexibility index (Phi) is 7.12. The molecule has 0 spiro atoms. The summed E-state index contributed by atoms with van der Waals surface area (Å²) in [5.41, 5.74) is 8.27. The fourth-order valence-electron chi connectivity index (χ4n) is 3.80. The minimum atomic E-state index is -0.528. The van der Waals surface area contributed by atoms with E-state index in [2.05, 4.69) is 46.7 Å². The Morgan fingerprint density at radius 2 is 1.69 bits per heavy atom. The SMILES string of the molecule is O=C(/C=C(\Cc1ccccc1)c1ccc(CNCCc2ccc3[nH]ccc3c2)cc1)NO. The van der Waals surface area contributed by atoms with Gasteiger partial charge in [-0.25, -0.2) is 5.48 Å². The van der Waals surface area contributed by atoms with Crippen molar-refractivity contribution >= 4 is 22.4 Å². The Bertz CT molecular complexity index is 1190. The molecule has 0 aliphatic heterocycles. The average molecular weight is 426 g/mol. The minimum absolute atomic E-state index is 0.528. The van der Waals surface area contributed by atoms with Gasteiger partial charge in [0.2, 0.25) is 0 Å². The van der Waals surface area contributed by atoms with Crippen LogP contribution in [0, 0.1) is 0 Å². The van der Waals surface area contributed by atoms with Crippen molar-refractivity contribution in [1.82, 2.24) is 15.8 Å². The van der Waals surface area contributed by atoms with E-state index in [1.807, 2.05) is 48.7 Å². The number of hydroxylamine groups is 1. The Morgan fingerprint density at radius 1 is 0.906 bits per heavy atom. The smallest absolute Gasteiger partial charge is 0.267 e. The largest absolute Gasteiger partial charge is 0.361 e. The van der Waals surface area contributed by atoms with Crippen LogP contribution in [0.3, 0.4) is 0 Å². The molecule has 162 valence electrons. The Morgan fingerprint density at radius 3 is 2.47 bits per heavy atom.